The number of rotatable bonds is 4. The minimum atomic E-state index is 0.0434. The van der Waals surface area contributed by atoms with Crippen molar-refractivity contribution in [3.8, 4) is 0 Å². The number of aromatic nitrogens is 2. The first kappa shape index (κ1) is 10.4. The second-order valence-corrected chi connectivity index (χ2v) is 5.10. The molecular weight excluding hydrogens is 234 g/mol. The molecule has 4 nitrogen and oxygen atoms in total. The van der Waals surface area contributed by atoms with E-state index < -0.39 is 0 Å². The van der Waals surface area contributed by atoms with E-state index >= 15 is 0 Å². The van der Waals surface area contributed by atoms with Gasteiger partial charge >= 0.3 is 0 Å². The fourth-order valence-corrected chi connectivity index (χ4v) is 3.00. The maximum atomic E-state index is 10.3. The third-order valence-electron chi connectivity index (χ3n) is 3.09. The zero-order chi connectivity index (χ0) is 11.7. The third kappa shape index (κ3) is 1.72. The van der Waals surface area contributed by atoms with E-state index in [-0.39, 0.29) is 5.41 Å². The number of nitrogens with one attached hydrogen (secondary N) is 1. The Morgan fingerprint density at radius 3 is 2.65 bits per heavy atom. The van der Waals surface area contributed by atoms with Crippen LogP contribution in [0, 0.1) is 0 Å². The van der Waals surface area contributed by atoms with Gasteiger partial charge in [-0.15, -0.1) is 10.2 Å². The Morgan fingerprint density at radius 1 is 1.24 bits per heavy atom. The van der Waals surface area contributed by atoms with E-state index in [1.807, 2.05) is 18.2 Å². The fraction of sp³-hybridized carbons (Fsp3) is 0.250. The van der Waals surface area contributed by atoms with E-state index in [4.69, 9.17) is 0 Å². The molecule has 3 rings (SSSR count). The number of carbonyl (C=O) groups excluding carboxylic acids is 1. The molecule has 1 aromatic heterocycles. The van der Waals surface area contributed by atoms with Crippen molar-refractivity contribution in [2.45, 2.75) is 18.3 Å². The van der Waals surface area contributed by atoms with Crippen molar-refractivity contribution in [1.82, 2.24) is 10.2 Å². The summed E-state index contributed by atoms with van der Waals surface area (Å²) < 4.78 is 0. The van der Waals surface area contributed by atoms with Crippen molar-refractivity contribution in [2.24, 2.45) is 0 Å². The molecule has 1 heterocycles. The minimum absolute atomic E-state index is 0.0434. The van der Waals surface area contributed by atoms with Crippen LogP contribution < -0.4 is 5.32 Å². The van der Waals surface area contributed by atoms with E-state index in [0.717, 1.165) is 17.8 Å². The molecule has 5 heteroatoms. The van der Waals surface area contributed by atoms with E-state index in [1.54, 1.807) is 0 Å². The van der Waals surface area contributed by atoms with Gasteiger partial charge in [-0.25, -0.2) is 0 Å². The number of amides is 1. The molecule has 0 saturated heterocycles. The summed E-state index contributed by atoms with van der Waals surface area (Å²) in [5.74, 6) is 0. The second kappa shape index (κ2) is 3.92. The Labute approximate surface area is 103 Å². The molecule has 1 amide bonds. The second-order valence-electron chi connectivity index (χ2n) is 4.12. The number of benzene rings is 1. The largest absolute Gasteiger partial charge is 0.303 e. The van der Waals surface area contributed by atoms with Crippen LogP contribution in [0.15, 0.2) is 30.3 Å². The zero-order valence-electron chi connectivity index (χ0n) is 9.09. The van der Waals surface area contributed by atoms with Crippen molar-refractivity contribution >= 4 is 22.9 Å². The van der Waals surface area contributed by atoms with Gasteiger partial charge in [0.2, 0.25) is 11.5 Å². The number of nitrogens with zero attached hydrogens (tertiary/aromatic N) is 2. The lowest BCUT2D eigenvalue weighted by atomic mass is 9.97. The molecule has 2 aromatic rings. The van der Waals surface area contributed by atoms with Crippen LogP contribution in [0.4, 0.5) is 5.13 Å². The van der Waals surface area contributed by atoms with Crippen LogP contribution in [0.1, 0.15) is 23.4 Å². The van der Waals surface area contributed by atoms with Gasteiger partial charge in [0, 0.05) is 5.41 Å². The number of anilines is 1. The van der Waals surface area contributed by atoms with E-state index in [9.17, 15) is 4.79 Å². The van der Waals surface area contributed by atoms with Gasteiger partial charge in [0.15, 0.2) is 0 Å². The van der Waals surface area contributed by atoms with Gasteiger partial charge in [0.25, 0.3) is 0 Å². The van der Waals surface area contributed by atoms with E-state index in [1.165, 1.54) is 16.9 Å². The molecule has 1 fully saturated rings. The topological polar surface area (TPSA) is 54.9 Å². The predicted octanol–water partition coefficient (Wildman–Crippen LogP) is 2.19. The normalized spacial score (nSPS) is 16.5. The SMILES string of the molecule is O=CNc1nnc(C2(c3ccccc3)CC2)s1. The maximum Gasteiger partial charge on any atom is 0.213 e. The van der Waals surface area contributed by atoms with Crippen molar-refractivity contribution in [3.05, 3.63) is 40.9 Å². The molecule has 1 aliphatic carbocycles. The predicted molar refractivity (Wildman–Crippen MR) is 66.1 cm³/mol. The lowest BCUT2D eigenvalue weighted by molar-refractivity contribution is -0.105. The molecular formula is C12H11N3OS. The van der Waals surface area contributed by atoms with Crippen LogP contribution in [0.5, 0.6) is 0 Å². The highest BCUT2D eigenvalue weighted by Crippen LogP contribution is 2.54. The Hall–Kier alpha value is -1.75. The lowest BCUT2D eigenvalue weighted by Gasteiger charge is -2.10. The van der Waals surface area contributed by atoms with Crippen LogP contribution >= 0.6 is 11.3 Å². The van der Waals surface area contributed by atoms with Crippen molar-refractivity contribution < 1.29 is 4.79 Å². The van der Waals surface area contributed by atoms with E-state index in [2.05, 4.69) is 27.6 Å². The molecule has 0 bridgehead atoms. The standard InChI is InChI=1S/C12H11N3OS/c16-8-13-11-15-14-10(17-11)12(6-7-12)9-4-2-1-3-5-9/h1-5,8H,6-7H2,(H,13,15,16). The lowest BCUT2D eigenvalue weighted by Crippen LogP contribution is -2.07. The molecule has 1 saturated carbocycles. The average Bonchev–Trinajstić information content (AvgIpc) is 3.06. The summed E-state index contributed by atoms with van der Waals surface area (Å²) in [7, 11) is 0. The number of hydrogen-bond acceptors (Lipinski definition) is 4. The summed E-state index contributed by atoms with van der Waals surface area (Å²) in [4.78, 5) is 10.3. The van der Waals surface area contributed by atoms with Crippen LogP contribution in [-0.4, -0.2) is 16.6 Å². The molecule has 86 valence electrons. The first-order chi connectivity index (χ1) is 8.35. The Balaban J connectivity index is 1.95. The first-order valence-corrected chi connectivity index (χ1v) is 6.26. The van der Waals surface area contributed by atoms with Crippen molar-refractivity contribution in [3.63, 3.8) is 0 Å². The van der Waals surface area contributed by atoms with Gasteiger partial charge in [-0.3, -0.25) is 4.79 Å². The van der Waals surface area contributed by atoms with Crippen LogP contribution in [0.3, 0.4) is 0 Å². The van der Waals surface area contributed by atoms with Gasteiger partial charge in [-0.1, -0.05) is 41.7 Å². The third-order valence-corrected chi connectivity index (χ3v) is 4.15. The van der Waals surface area contributed by atoms with Crippen LogP contribution in [0.2, 0.25) is 0 Å². The molecule has 0 radical (unpaired) electrons. The highest BCUT2D eigenvalue weighted by atomic mass is 32.1. The fourth-order valence-electron chi connectivity index (χ4n) is 2.03. The maximum absolute atomic E-state index is 10.3. The highest BCUT2D eigenvalue weighted by molar-refractivity contribution is 7.15. The summed E-state index contributed by atoms with van der Waals surface area (Å²) in [5, 5.41) is 12.3. The highest BCUT2D eigenvalue weighted by Gasteiger charge is 2.48. The molecule has 1 aliphatic rings. The Bertz CT molecular complexity index is 534. The minimum Gasteiger partial charge on any atom is -0.303 e. The smallest absolute Gasteiger partial charge is 0.213 e. The molecule has 1 N–H and O–H groups in total. The molecule has 0 atom stereocenters. The van der Waals surface area contributed by atoms with Gasteiger partial charge in [0.1, 0.15) is 5.01 Å². The quantitative estimate of drug-likeness (QED) is 0.840. The Kier molecular flexibility index (Phi) is 2.40. The molecule has 0 unspecified atom stereocenters. The van der Waals surface area contributed by atoms with Gasteiger partial charge < -0.3 is 5.32 Å². The van der Waals surface area contributed by atoms with Gasteiger partial charge in [0.05, 0.1) is 0 Å². The zero-order valence-corrected chi connectivity index (χ0v) is 9.91. The number of hydrogen-bond donors (Lipinski definition) is 1. The monoisotopic (exact) mass is 245 g/mol. The molecule has 1 aromatic carbocycles. The van der Waals surface area contributed by atoms with E-state index in [0.29, 0.717) is 11.5 Å². The van der Waals surface area contributed by atoms with Crippen molar-refractivity contribution in [1.29, 1.82) is 0 Å². The van der Waals surface area contributed by atoms with Crippen LogP contribution in [-0.2, 0) is 10.2 Å². The molecule has 17 heavy (non-hydrogen) atoms. The van der Waals surface area contributed by atoms with Gasteiger partial charge in [-0.2, -0.15) is 0 Å². The summed E-state index contributed by atoms with van der Waals surface area (Å²) in [6.45, 7) is 0. The average molecular weight is 245 g/mol. The molecule has 0 spiro atoms. The summed E-state index contributed by atoms with van der Waals surface area (Å²) in [5.41, 5.74) is 1.33. The number of carbonyl (C=O) groups is 1. The summed E-state index contributed by atoms with van der Waals surface area (Å²) in [6.07, 6.45) is 2.84. The first-order valence-electron chi connectivity index (χ1n) is 5.45. The Morgan fingerprint density at radius 2 is 2.00 bits per heavy atom. The molecule has 0 aliphatic heterocycles. The van der Waals surface area contributed by atoms with Gasteiger partial charge in [-0.05, 0) is 18.4 Å². The van der Waals surface area contributed by atoms with Crippen molar-refractivity contribution in [2.75, 3.05) is 5.32 Å². The summed E-state index contributed by atoms with van der Waals surface area (Å²) >= 11 is 1.46. The summed E-state index contributed by atoms with van der Waals surface area (Å²) in [6, 6.07) is 10.4. The van der Waals surface area contributed by atoms with Crippen LogP contribution in [0.25, 0.3) is 0 Å².